The monoisotopic (exact) mass is 279 g/mol. The summed E-state index contributed by atoms with van der Waals surface area (Å²) in [4.78, 5) is 14.7. The third-order valence-corrected chi connectivity index (χ3v) is 2.67. The van der Waals surface area contributed by atoms with E-state index in [9.17, 15) is 4.39 Å². The van der Waals surface area contributed by atoms with Crippen LogP contribution in [0.15, 0.2) is 24.5 Å². The number of benzene rings is 1. The summed E-state index contributed by atoms with van der Waals surface area (Å²) in [5.74, 6) is 0.00430. The van der Waals surface area contributed by atoms with Crippen molar-refractivity contribution >= 4 is 28.7 Å². The van der Waals surface area contributed by atoms with Crippen LogP contribution in [0.5, 0.6) is 11.6 Å². The molecule has 3 rings (SSSR count). The predicted octanol–water partition coefficient (Wildman–Crippen LogP) is 2.52. The second-order valence-corrected chi connectivity index (χ2v) is 4.07. The Balaban J connectivity index is 2.07. The number of nitrogens with zero attached hydrogens (tertiary/aromatic N) is 3. The van der Waals surface area contributed by atoms with Crippen LogP contribution in [0.4, 0.5) is 10.3 Å². The molecule has 0 fully saturated rings. The quantitative estimate of drug-likeness (QED) is 0.752. The minimum Gasteiger partial charge on any atom is -0.435 e. The molecule has 0 aliphatic carbocycles. The van der Waals surface area contributed by atoms with Gasteiger partial charge in [0.1, 0.15) is 17.1 Å². The van der Waals surface area contributed by atoms with Crippen molar-refractivity contribution in [2.24, 2.45) is 0 Å². The maximum atomic E-state index is 13.0. The maximum absolute atomic E-state index is 13.0. The average molecular weight is 280 g/mol. The average Bonchev–Trinajstić information content (AvgIpc) is 2.80. The molecule has 1 aromatic carbocycles. The molecule has 0 aliphatic heterocycles. The SMILES string of the molecule is Nc1nc(Oc2ccc(F)cc2Cl)c2[nH]cnc2n1. The zero-order valence-corrected chi connectivity index (χ0v) is 10.1. The number of H-pyrrole nitrogens is 1. The van der Waals surface area contributed by atoms with Crippen molar-refractivity contribution in [3.05, 3.63) is 35.4 Å². The van der Waals surface area contributed by atoms with Gasteiger partial charge in [-0.05, 0) is 18.2 Å². The van der Waals surface area contributed by atoms with Crippen LogP contribution in [0.25, 0.3) is 11.2 Å². The minimum absolute atomic E-state index is 0.0211. The highest BCUT2D eigenvalue weighted by atomic mass is 35.5. The van der Waals surface area contributed by atoms with Crippen LogP contribution in [0.1, 0.15) is 0 Å². The van der Waals surface area contributed by atoms with Gasteiger partial charge in [0, 0.05) is 0 Å². The van der Waals surface area contributed by atoms with Gasteiger partial charge in [-0.3, -0.25) is 0 Å². The molecule has 0 spiro atoms. The van der Waals surface area contributed by atoms with E-state index < -0.39 is 5.82 Å². The van der Waals surface area contributed by atoms with Gasteiger partial charge in [0.25, 0.3) is 5.88 Å². The first-order valence-corrected chi connectivity index (χ1v) is 5.61. The topological polar surface area (TPSA) is 89.7 Å². The van der Waals surface area contributed by atoms with Crippen LogP contribution in [0.3, 0.4) is 0 Å². The lowest BCUT2D eigenvalue weighted by Gasteiger charge is -2.07. The number of nitrogen functional groups attached to an aromatic ring is 1. The summed E-state index contributed by atoms with van der Waals surface area (Å²) >= 11 is 5.88. The molecule has 6 nitrogen and oxygen atoms in total. The molecule has 0 saturated heterocycles. The summed E-state index contributed by atoms with van der Waals surface area (Å²) in [6, 6.07) is 3.78. The Morgan fingerprint density at radius 3 is 2.95 bits per heavy atom. The summed E-state index contributed by atoms with van der Waals surface area (Å²) < 4.78 is 18.5. The van der Waals surface area contributed by atoms with Gasteiger partial charge in [-0.1, -0.05) is 11.6 Å². The standard InChI is InChI=1S/C11H7ClFN5O/c12-6-3-5(13)1-2-7(6)19-10-8-9(16-4-15-8)17-11(14)18-10/h1-4H,(H3,14,15,16,17,18). The van der Waals surface area contributed by atoms with E-state index in [-0.39, 0.29) is 22.6 Å². The molecule has 0 radical (unpaired) electrons. The molecule has 0 aliphatic rings. The van der Waals surface area contributed by atoms with Gasteiger partial charge in [0.15, 0.2) is 5.65 Å². The van der Waals surface area contributed by atoms with Crippen LogP contribution in [0.2, 0.25) is 5.02 Å². The molecule has 0 amide bonds. The molecular weight excluding hydrogens is 273 g/mol. The Hall–Kier alpha value is -2.41. The van der Waals surface area contributed by atoms with Crippen molar-refractivity contribution in [2.45, 2.75) is 0 Å². The molecule has 8 heteroatoms. The molecule has 0 bridgehead atoms. The number of nitrogens with one attached hydrogen (secondary N) is 1. The van der Waals surface area contributed by atoms with Crippen molar-refractivity contribution in [2.75, 3.05) is 5.73 Å². The molecule has 0 unspecified atom stereocenters. The van der Waals surface area contributed by atoms with Crippen molar-refractivity contribution < 1.29 is 9.13 Å². The number of hydrogen-bond acceptors (Lipinski definition) is 5. The van der Waals surface area contributed by atoms with E-state index in [1.54, 1.807) is 0 Å². The Kier molecular flexibility index (Phi) is 2.68. The number of imidazole rings is 1. The molecule has 2 heterocycles. The van der Waals surface area contributed by atoms with Gasteiger partial charge in [0.05, 0.1) is 11.3 Å². The first kappa shape index (κ1) is 11.7. The first-order valence-electron chi connectivity index (χ1n) is 5.23. The fourth-order valence-electron chi connectivity index (χ4n) is 1.56. The maximum Gasteiger partial charge on any atom is 0.250 e. The van der Waals surface area contributed by atoms with Gasteiger partial charge in [0.2, 0.25) is 5.95 Å². The zero-order chi connectivity index (χ0) is 13.4. The third kappa shape index (κ3) is 2.15. The molecule has 0 saturated carbocycles. The number of halogens is 2. The fraction of sp³-hybridized carbons (Fsp3) is 0. The molecular formula is C11H7ClFN5O. The number of anilines is 1. The van der Waals surface area contributed by atoms with Crippen molar-refractivity contribution in [3.8, 4) is 11.6 Å². The summed E-state index contributed by atoms with van der Waals surface area (Å²) in [5.41, 5.74) is 6.41. The molecule has 3 aromatic rings. The Bertz CT molecular complexity index is 760. The number of nitrogens with two attached hydrogens (primary N) is 1. The number of ether oxygens (including phenoxy) is 1. The van der Waals surface area contributed by atoms with Gasteiger partial charge in [-0.2, -0.15) is 9.97 Å². The van der Waals surface area contributed by atoms with Crippen LogP contribution in [-0.2, 0) is 0 Å². The lowest BCUT2D eigenvalue weighted by molar-refractivity contribution is 0.466. The van der Waals surface area contributed by atoms with Gasteiger partial charge in [-0.25, -0.2) is 9.37 Å². The van der Waals surface area contributed by atoms with Gasteiger partial charge < -0.3 is 15.5 Å². The summed E-state index contributed by atoms with van der Waals surface area (Å²) in [6.45, 7) is 0. The van der Waals surface area contributed by atoms with E-state index in [2.05, 4.69) is 19.9 Å². The highest BCUT2D eigenvalue weighted by Gasteiger charge is 2.12. The second-order valence-electron chi connectivity index (χ2n) is 3.66. The van der Waals surface area contributed by atoms with Gasteiger partial charge >= 0.3 is 0 Å². The van der Waals surface area contributed by atoms with E-state index in [0.717, 1.165) is 6.07 Å². The smallest absolute Gasteiger partial charge is 0.250 e. The normalized spacial score (nSPS) is 10.8. The summed E-state index contributed by atoms with van der Waals surface area (Å²) in [7, 11) is 0. The minimum atomic E-state index is -0.453. The van der Waals surface area contributed by atoms with Crippen LogP contribution >= 0.6 is 11.6 Å². The Morgan fingerprint density at radius 1 is 1.32 bits per heavy atom. The van der Waals surface area contributed by atoms with E-state index in [4.69, 9.17) is 22.1 Å². The number of aromatic amines is 1. The first-order chi connectivity index (χ1) is 9.13. The molecule has 96 valence electrons. The van der Waals surface area contributed by atoms with Gasteiger partial charge in [-0.15, -0.1) is 0 Å². The van der Waals surface area contributed by atoms with Crippen molar-refractivity contribution in [1.82, 2.24) is 19.9 Å². The molecule has 2 aromatic heterocycles. The lowest BCUT2D eigenvalue weighted by Crippen LogP contribution is -1.98. The number of aromatic nitrogens is 4. The molecule has 19 heavy (non-hydrogen) atoms. The van der Waals surface area contributed by atoms with Crippen LogP contribution < -0.4 is 10.5 Å². The van der Waals surface area contributed by atoms with Crippen molar-refractivity contribution in [3.63, 3.8) is 0 Å². The predicted molar refractivity (Wildman–Crippen MR) is 67.6 cm³/mol. The summed E-state index contributed by atoms with van der Waals surface area (Å²) in [6.07, 6.45) is 1.44. The highest BCUT2D eigenvalue weighted by Crippen LogP contribution is 2.31. The van der Waals surface area contributed by atoms with Crippen molar-refractivity contribution in [1.29, 1.82) is 0 Å². The lowest BCUT2D eigenvalue weighted by atomic mass is 10.3. The number of hydrogen-bond donors (Lipinski definition) is 2. The Morgan fingerprint density at radius 2 is 2.16 bits per heavy atom. The third-order valence-electron chi connectivity index (χ3n) is 2.37. The summed E-state index contributed by atoms with van der Waals surface area (Å²) in [5, 5.41) is 0.129. The van der Waals surface area contributed by atoms with E-state index in [0.29, 0.717) is 11.2 Å². The number of fused-ring (bicyclic) bond motifs is 1. The number of rotatable bonds is 2. The van der Waals surface area contributed by atoms with Crippen LogP contribution in [-0.4, -0.2) is 19.9 Å². The molecule has 3 N–H and O–H groups in total. The van der Waals surface area contributed by atoms with E-state index in [1.807, 2.05) is 0 Å². The van der Waals surface area contributed by atoms with E-state index >= 15 is 0 Å². The second kappa shape index (κ2) is 4.36. The largest absolute Gasteiger partial charge is 0.435 e. The zero-order valence-electron chi connectivity index (χ0n) is 9.39. The highest BCUT2D eigenvalue weighted by molar-refractivity contribution is 6.32. The van der Waals surface area contributed by atoms with Crippen LogP contribution in [0, 0.1) is 5.82 Å². The molecule has 0 atom stereocenters. The Labute approximate surface area is 111 Å². The van der Waals surface area contributed by atoms with E-state index in [1.165, 1.54) is 18.5 Å². The fourth-order valence-corrected chi connectivity index (χ4v) is 1.76.